The number of hydrogen-bond donors (Lipinski definition) is 2. The van der Waals surface area contributed by atoms with Gasteiger partial charge in [-0.05, 0) is 71.4 Å². The highest BCUT2D eigenvalue weighted by molar-refractivity contribution is 6.31. The first kappa shape index (κ1) is 20.8. The van der Waals surface area contributed by atoms with Crippen LogP contribution in [0.5, 0.6) is 0 Å². The Morgan fingerprint density at radius 2 is 1.56 bits per heavy atom. The molecule has 0 spiro atoms. The van der Waals surface area contributed by atoms with Gasteiger partial charge in [0, 0.05) is 16.3 Å². The van der Waals surface area contributed by atoms with Gasteiger partial charge < -0.3 is 5.73 Å². The maximum absolute atomic E-state index is 13.2. The van der Waals surface area contributed by atoms with Gasteiger partial charge in [0.15, 0.2) is 0 Å². The van der Waals surface area contributed by atoms with E-state index in [1.807, 2.05) is 40.7 Å². The largest absolute Gasteiger partial charge is 0.398 e. The smallest absolute Gasteiger partial charge is 0.274 e. The fourth-order valence-electron chi connectivity index (χ4n) is 2.85. The van der Waals surface area contributed by atoms with Gasteiger partial charge in [-0.1, -0.05) is 28.8 Å². The first-order valence-corrected chi connectivity index (χ1v) is 9.07. The van der Waals surface area contributed by atoms with Crippen LogP contribution in [0, 0.1) is 20.8 Å². The van der Waals surface area contributed by atoms with E-state index in [0.29, 0.717) is 21.8 Å². The van der Waals surface area contributed by atoms with Crippen molar-refractivity contribution < 1.29 is 9.59 Å². The molecule has 0 radical (unpaired) electrons. The van der Waals surface area contributed by atoms with E-state index in [4.69, 9.17) is 17.3 Å². The zero-order chi connectivity index (χ0) is 20.5. The minimum Gasteiger partial charge on any atom is -0.398 e. The Balaban J connectivity index is 2.42. The van der Waals surface area contributed by atoms with Crippen molar-refractivity contribution in [2.45, 2.75) is 47.1 Å². The molecule has 2 amide bonds. The van der Waals surface area contributed by atoms with E-state index in [-0.39, 0.29) is 11.5 Å². The first-order chi connectivity index (χ1) is 12.4. The van der Waals surface area contributed by atoms with Crippen molar-refractivity contribution in [2.24, 2.45) is 0 Å². The molecule has 0 aliphatic rings. The Bertz CT molecular complexity index is 881. The number of carbonyl (C=O) groups excluding carboxylic acids is 2. The molecule has 5 nitrogen and oxygen atoms in total. The molecule has 0 saturated carbocycles. The number of nitrogens with two attached hydrogens (primary N) is 1. The zero-order valence-electron chi connectivity index (χ0n) is 16.6. The summed E-state index contributed by atoms with van der Waals surface area (Å²) < 4.78 is 0. The average molecular weight is 388 g/mol. The third kappa shape index (κ3) is 4.80. The summed E-state index contributed by atoms with van der Waals surface area (Å²) in [6.07, 6.45) is 0. The molecule has 0 atom stereocenters. The minimum absolute atomic E-state index is 0.260. The summed E-state index contributed by atoms with van der Waals surface area (Å²) in [5.41, 5.74) is 11.9. The summed E-state index contributed by atoms with van der Waals surface area (Å²) >= 11 is 6.11. The van der Waals surface area contributed by atoms with E-state index in [1.165, 1.54) is 11.1 Å². The molecule has 27 heavy (non-hydrogen) atoms. The number of amides is 2. The second-order valence-corrected chi connectivity index (χ2v) is 8.25. The summed E-state index contributed by atoms with van der Waals surface area (Å²) in [5, 5.41) is 1.72. The molecule has 0 saturated heterocycles. The van der Waals surface area contributed by atoms with Gasteiger partial charge in [0.1, 0.15) is 0 Å². The average Bonchev–Trinajstić information content (AvgIpc) is 2.53. The highest BCUT2D eigenvalue weighted by atomic mass is 35.5. The summed E-state index contributed by atoms with van der Waals surface area (Å²) in [4.78, 5) is 26.0. The van der Waals surface area contributed by atoms with Crippen LogP contribution in [0.2, 0.25) is 5.02 Å². The molecule has 2 aromatic rings. The second-order valence-electron chi connectivity index (χ2n) is 7.81. The van der Waals surface area contributed by atoms with Crippen molar-refractivity contribution >= 4 is 29.1 Å². The topological polar surface area (TPSA) is 75.4 Å². The lowest BCUT2D eigenvalue weighted by Gasteiger charge is -2.36. The van der Waals surface area contributed by atoms with Crippen molar-refractivity contribution in [3.63, 3.8) is 0 Å². The van der Waals surface area contributed by atoms with Crippen molar-refractivity contribution in [1.29, 1.82) is 0 Å². The predicted octanol–water partition coefficient (Wildman–Crippen LogP) is 4.43. The Hall–Kier alpha value is -2.53. The van der Waals surface area contributed by atoms with Gasteiger partial charge in [-0.3, -0.25) is 15.0 Å². The van der Waals surface area contributed by atoms with E-state index in [9.17, 15) is 9.59 Å². The van der Waals surface area contributed by atoms with Crippen LogP contribution in [-0.4, -0.2) is 22.4 Å². The number of hydrogen-bond acceptors (Lipinski definition) is 3. The molecule has 0 aliphatic carbocycles. The van der Waals surface area contributed by atoms with Crippen LogP contribution in [0.25, 0.3) is 0 Å². The first-order valence-electron chi connectivity index (χ1n) is 8.69. The third-order valence-electron chi connectivity index (χ3n) is 4.15. The van der Waals surface area contributed by atoms with Crippen LogP contribution in [0.15, 0.2) is 30.3 Å². The van der Waals surface area contributed by atoms with Gasteiger partial charge in [-0.15, -0.1) is 0 Å². The number of nitrogens with zero attached hydrogens (tertiary/aromatic N) is 1. The standard InChI is InChI=1S/C21H26ClN3O2/c1-12-7-13(2)9-15(8-12)19(26)24-25(21(4,5)6)20(27)17-11-16(22)10-14(3)18(17)23/h7-11H,23H2,1-6H3,(H,24,26). The van der Waals surface area contributed by atoms with Crippen molar-refractivity contribution in [1.82, 2.24) is 10.4 Å². The second kappa shape index (κ2) is 7.61. The van der Waals surface area contributed by atoms with Crippen LogP contribution < -0.4 is 11.2 Å². The summed E-state index contributed by atoms with van der Waals surface area (Å²) in [7, 11) is 0. The van der Waals surface area contributed by atoms with Gasteiger partial charge in [0.25, 0.3) is 11.8 Å². The molecule has 6 heteroatoms. The SMILES string of the molecule is Cc1cc(C)cc(C(=O)NN(C(=O)c2cc(Cl)cc(C)c2N)C(C)(C)C)c1. The molecular formula is C21H26ClN3O2. The lowest BCUT2D eigenvalue weighted by Crippen LogP contribution is -2.56. The molecule has 0 aliphatic heterocycles. The lowest BCUT2D eigenvalue weighted by molar-refractivity contribution is 0.0359. The van der Waals surface area contributed by atoms with Gasteiger partial charge in [0.05, 0.1) is 11.1 Å². The van der Waals surface area contributed by atoms with Crippen LogP contribution in [0.4, 0.5) is 5.69 Å². The number of benzene rings is 2. The predicted molar refractivity (Wildman–Crippen MR) is 110 cm³/mol. The molecule has 0 unspecified atom stereocenters. The molecule has 0 aromatic heterocycles. The fraction of sp³-hybridized carbons (Fsp3) is 0.333. The van der Waals surface area contributed by atoms with E-state index < -0.39 is 11.4 Å². The van der Waals surface area contributed by atoms with Crippen molar-refractivity contribution in [3.05, 3.63) is 63.2 Å². The highest BCUT2D eigenvalue weighted by Gasteiger charge is 2.31. The van der Waals surface area contributed by atoms with Gasteiger partial charge in [-0.2, -0.15) is 0 Å². The number of rotatable bonds is 2. The number of nitrogens with one attached hydrogen (secondary N) is 1. The minimum atomic E-state index is -0.672. The summed E-state index contributed by atoms with van der Waals surface area (Å²) in [5.74, 6) is -0.772. The number of anilines is 1. The number of halogens is 1. The number of carbonyl (C=O) groups is 2. The maximum atomic E-state index is 13.2. The molecule has 0 fully saturated rings. The molecule has 144 valence electrons. The molecule has 0 bridgehead atoms. The van der Waals surface area contributed by atoms with Crippen molar-refractivity contribution in [2.75, 3.05) is 5.73 Å². The molecule has 0 heterocycles. The molecule has 3 N–H and O–H groups in total. The lowest BCUT2D eigenvalue weighted by atomic mass is 10.0. The number of hydrazine groups is 1. The van der Waals surface area contributed by atoms with Crippen LogP contribution in [-0.2, 0) is 0 Å². The maximum Gasteiger partial charge on any atom is 0.274 e. The summed E-state index contributed by atoms with van der Waals surface area (Å²) in [6, 6.07) is 8.77. The van der Waals surface area contributed by atoms with Crippen LogP contribution in [0.3, 0.4) is 0 Å². The number of nitrogen functional groups attached to an aromatic ring is 1. The van der Waals surface area contributed by atoms with E-state index in [0.717, 1.165) is 11.1 Å². The molecular weight excluding hydrogens is 362 g/mol. The van der Waals surface area contributed by atoms with E-state index >= 15 is 0 Å². The fourth-order valence-corrected chi connectivity index (χ4v) is 3.12. The quantitative estimate of drug-likeness (QED) is 0.591. The Morgan fingerprint density at radius 1 is 1.00 bits per heavy atom. The van der Waals surface area contributed by atoms with Crippen LogP contribution >= 0.6 is 11.6 Å². The number of aryl methyl sites for hydroxylation is 3. The Kier molecular flexibility index (Phi) is 5.85. The van der Waals surface area contributed by atoms with Gasteiger partial charge in [0.2, 0.25) is 0 Å². The molecule has 2 aromatic carbocycles. The normalized spacial score (nSPS) is 11.2. The summed E-state index contributed by atoms with van der Waals surface area (Å²) in [6.45, 7) is 11.1. The zero-order valence-corrected chi connectivity index (χ0v) is 17.4. The van der Waals surface area contributed by atoms with Gasteiger partial charge in [-0.25, -0.2) is 5.01 Å². The van der Waals surface area contributed by atoms with E-state index in [2.05, 4.69) is 5.43 Å². The Morgan fingerprint density at radius 3 is 2.07 bits per heavy atom. The van der Waals surface area contributed by atoms with Gasteiger partial charge >= 0.3 is 0 Å². The third-order valence-corrected chi connectivity index (χ3v) is 4.37. The highest BCUT2D eigenvalue weighted by Crippen LogP contribution is 2.26. The van der Waals surface area contributed by atoms with Crippen molar-refractivity contribution in [3.8, 4) is 0 Å². The monoisotopic (exact) mass is 387 g/mol. The molecule has 2 rings (SSSR count). The Labute approximate surface area is 165 Å². The van der Waals surface area contributed by atoms with E-state index in [1.54, 1.807) is 25.1 Å². The van der Waals surface area contributed by atoms with Crippen LogP contribution in [0.1, 0.15) is 58.2 Å².